The van der Waals surface area contributed by atoms with Gasteiger partial charge in [-0.2, -0.15) is 0 Å². The van der Waals surface area contributed by atoms with Gasteiger partial charge in [0.2, 0.25) is 11.8 Å². The fourth-order valence-corrected chi connectivity index (χ4v) is 3.76. The van der Waals surface area contributed by atoms with Crippen LogP contribution in [0.4, 0.5) is 5.69 Å². The summed E-state index contributed by atoms with van der Waals surface area (Å²) in [5.74, 6) is -0.748. The third-order valence-corrected chi connectivity index (χ3v) is 4.95. The maximum absolute atomic E-state index is 12.3. The van der Waals surface area contributed by atoms with Gasteiger partial charge in [0, 0.05) is 24.7 Å². The van der Waals surface area contributed by atoms with Gasteiger partial charge in [-0.05, 0) is 51.3 Å². The zero-order valence-electron chi connectivity index (χ0n) is 16.3. The average Bonchev–Trinajstić information content (AvgIpc) is 2.89. The number of ether oxygens (including phenoxy) is 1. The Balaban J connectivity index is 1.72. The number of fused-ring (bicyclic) bond motifs is 1. The highest BCUT2D eigenvalue weighted by Crippen LogP contribution is 2.39. The van der Waals surface area contributed by atoms with E-state index in [0.717, 1.165) is 16.8 Å². The number of piperidine rings is 1. The molecule has 2 heterocycles. The summed E-state index contributed by atoms with van der Waals surface area (Å²) in [4.78, 5) is 37.8. The van der Waals surface area contributed by atoms with Gasteiger partial charge in [-0.1, -0.05) is 12.1 Å². The van der Waals surface area contributed by atoms with Gasteiger partial charge in [0.15, 0.2) is 0 Å². The van der Waals surface area contributed by atoms with Crippen molar-refractivity contribution in [2.24, 2.45) is 0 Å². The van der Waals surface area contributed by atoms with Crippen molar-refractivity contribution >= 4 is 23.5 Å². The quantitative estimate of drug-likeness (QED) is 0.621. The highest BCUT2D eigenvalue weighted by atomic mass is 16.6. The van der Waals surface area contributed by atoms with E-state index in [2.05, 4.69) is 22.5 Å². The first-order valence-electron chi connectivity index (χ1n) is 9.32. The van der Waals surface area contributed by atoms with Crippen LogP contribution in [-0.4, -0.2) is 40.9 Å². The molecular formula is C20H27N3O4. The van der Waals surface area contributed by atoms with E-state index in [1.54, 1.807) is 0 Å². The van der Waals surface area contributed by atoms with Crippen molar-refractivity contribution in [3.8, 4) is 0 Å². The molecule has 2 aliphatic rings. The van der Waals surface area contributed by atoms with Gasteiger partial charge in [0.05, 0.1) is 6.04 Å². The van der Waals surface area contributed by atoms with Crippen molar-refractivity contribution in [3.63, 3.8) is 0 Å². The summed E-state index contributed by atoms with van der Waals surface area (Å²) in [5.41, 5.74) is 2.57. The molecule has 2 atom stereocenters. The first-order chi connectivity index (χ1) is 12.7. The summed E-state index contributed by atoms with van der Waals surface area (Å²) in [5, 5.41) is 5.61. The molecule has 7 heteroatoms. The number of hydrogen-bond donors (Lipinski definition) is 2. The number of rotatable bonds is 4. The predicted octanol–water partition coefficient (Wildman–Crippen LogP) is 2.12. The smallest absolute Gasteiger partial charge is 0.325 e. The van der Waals surface area contributed by atoms with Gasteiger partial charge in [0.25, 0.3) is 0 Å². The molecule has 1 saturated heterocycles. The summed E-state index contributed by atoms with van der Waals surface area (Å²) in [7, 11) is 0. The Morgan fingerprint density at radius 3 is 2.74 bits per heavy atom. The zero-order chi connectivity index (χ0) is 19.8. The van der Waals surface area contributed by atoms with Crippen LogP contribution in [0.5, 0.6) is 0 Å². The maximum Gasteiger partial charge on any atom is 0.325 e. The number of nitrogens with zero attached hydrogens (tertiary/aromatic N) is 1. The highest BCUT2D eigenvalue weighted by Gasteiger charge is 2.39. The van der Waals surface area contributed by atoms with E-state index in [-0.39, 0.29) is 36.4 Å². The number of carbonyl (C=O) groups excluding carboxylic acids is 3. The number of esters is 1. The third-order valence-electron chi connectivity index (χ3n) is 4.95. The van der Waals surface area contributed by atoms with Gasteiger partial charge >= 0.3 is 5.97 Å². The Hall–Kier alpha value is -2.41. The number of benzene rings is 1. The molecule has 3 rings (SSSR count). The minimum atomic E-state index is -0.519. The van der Waals surface area contributed by atoms with E-state index in [1.165, 1.54) is 0 Å². The molecule has 146 valence electrons. The Morgan fingerprint density at radius 2 is 2.07 bits per heavy atom. The first-order valence-corrected chi connectivity index (χ1v) is 9.32. The Bertz CT molecular complexity index is 769. The Morgan fingerprint density at radius 1 is 1.33 bits per heavy atom. The first kappa shape index (κ1) is 19.4. The number of amides is 2. The standard InChI is InChI=1S/C20H27N3O4/c1-12-13-6-5-7-15(21-10-18(25)27-20(2,3)4)14(13)11-23(12)16-8-9-17(24)22-19(16)26/h5-7,12,16,21H,8-11H2,1-4H3,(H,22,24,26). The molecule has 2 unspecified atom stereocenters. The second-order valence-corrected chi connectivity index (χ2v) is 8.13. The van der Waals surface area contributed by atoms with Crippen LogP contribution < -0.4 is 10.6 Å². The van der Waals surface area contributed by atoms with E-state index in [1.807, 2.05) is 39.0 Å². The van der Waals surface area contributed by atoms with Crippen molar-refractivity contribution < 1.29 is 19.1 Å². The molecule has 0 saturated carbocycles. The SMILES string of the molecule is CC1c2cccc(NCC(=O)OC(C)(C)C)c2CN1C1CCC(=O)NC1=O. The van der Waals surface area contributed by atoms with Crippen LogP contribution in [0.1, 0.15) is 57.7 Å². The highest BCUT2D eigenvalue weighted by molar-refractivity contribution is 6.00. The van der Waals surface area contributed by atoms with Gasteiger partial charge in [-0.15, -0.1) is 0 Å². The Kier molecular flexibility index (Phi) is 5.24. The van der Waals surface area contributed by atoms with Crippen molar-refractivity contribution in [3.05, 3.63) is 29.3 Å². The summed E-state index contributed by atoms with van der Waals surface area (Å²) in [6.07, 6.45) is 0.892. The van der Waals surface area contributed by atoms with Crippen molar-refractivity contribution in [1.82, 2.24) is 10.2 Å². The molecule has 2 aliphatic heterocycles. The van der Waals surface area contributed by atoms with Crippen molar-refractivity contribution in [1.29, 1.82) is 0 Å². The van der Waals surface area contributed by atoms with E-state index in [0.29, 0.717) is 19.4 Å². The van der Waals surface area contributed by atoms with E-state index in [9.17, 15) is 14.4 Å². The van der Waals surface area contributed by atoms with E-state index in [4.69, 9.17) is 4.74 Å². The lowest BCUT2D eigenvalue weighted by Gasteiger charge is -2.32. The second kappa shape index (κ2) is 7.31. The normalized spacial score (nSPS) is 23.0. The van der Waals surface area contributed by atoms with Gasteiger partial charge in [0.1, 0.15) is 12.1 Å². The molecule has 2 amide bonds. The van der Waals surface area contributed by atoms with Crippen LogP contribution in [-0.2, 0) is 25.7 Å². The molecule has 0 spiro atoms. The fourth-order valence-electron chi connectivity index (χ4n) is 3.76. The minimum Gasteiger partial charge on any atom is -0.459 e. The summed E-state index contributed by atoms with van der Waals surface area (Å²) >= 11 is 0. The number of hydrogen-bond acceptors (Lipinski definition) is 6. The molecule has 7 nitrogen and oxygen atoms in total. The lowest BCUT2D eigenvalue weighted by atomic mass is 10.0. The van der Waals surface area contributed by atoms with Crippen molar-refractivity contribution in [2.45, 2.75) is 64.8 Å². The number of anilines is 1. The molecule has 1 fully saturated rings. The summed E-state index contributed by atoms with van der Waals surface area (Å²) in [6.45, 7) is 8.26. The molecule has 0 aliphatic carbocycles. The number of nitrogens with one attached hydrogen (secondary N) is 2. The maximum atomic E-state index is 12.3. The molecule has 2 N–H and O–H groups in total. The van der Waals surface area contributed by atoms with Crippen LogP contribution >= 0.6 is 0 Å². The largest absolute Gasteiger partial charge is 0.459 e. The molecule has 0 bridgehead atoms. The molecule has 0 aromatic heterocycles. The number of imide groups is 1. The van der Waals surface area contributed by atoms with E-state index < -0.39 is 5.60 Å². The summed E-state index contributed by atoms with van der Waals surface area (Å²) < 4.78 is 5.34. The van der Waals surface area contributed by atoms with Gasteiger partial charge in [-0.25, -0.2) is 0 Å². The van der Waals surface area contributed by atoms with Crippen LogP contribution in [0, 0.1) is 0 Å². The molecule has 0 radical (unpaired) electrons. The molecular weight excluding hydrogens is 346 g/mol. The Labute approximate surface area is 159 Å². The molecule has 1 aromatic carbocycles. The lowest BCUT2D eigenvalue weighted by molar-refractivity contribution is -0.152. The van der Waals surface area contributed by atoms with Gasteiger partial charge < -0.3 is 10.1 Å². The van der Waals surface area contributed by atoms with E-state index >= 15 is 0 Å². The van der Waals surface area contributed by atoms with Crippen LogP contribution in [0.3, 0.4) is 0 Å². The topological polar surface area (TPSA) is 87.7 Å². The molecule has 27 heavy (non-hydrogen) atoms. The summed E-state index contributed by atoms with van der Waals surface area (Å²) in [6, 6.07) is 5.67. The average molecular weight is 373 g/mol. The van der Waals surface area contributed by atoms with Gasteiger partial charge in [-0.3, -0.25) is 24.6 Å². The van der Waals surface area contributed by atoms with Crippen LogP contribution in [0.25, 0.3) is 0 Å². The second-order valence-electron chi connectivity index (χ2n) is 8.13. The fraction of sp³-hybridized carbons (Fsp3) is 0.550. The monoisotopic (exact) mass is 373 g/mol. The zero-order valence-corrected chi connectivity index (χ0v) is 16.3. The van der Waals surface area contributed by atoms with Crippen molar-refractivity contribution in [2.75, 3.05) is 11.9 Å². The van der Waals surface area contributed by atoms with Crippen LogP contribution in [0.15, 0.2) is 18.2 Å². The number of carbonyl (C=O) groups is 3. The third kappa shape index (κ3) is 4.30. The lowest BCUT2D eigenvalue weighted by Crippen LogP contribution is -2.51. The predicted molar refractivity (Wildman–Crippen MR) is 101 cm³/mol. The van der Waals surface area contributed by atoms with Crippen LogP contribution in [0.2, 0.25) is 0 Å². The molecule has 1 aromatic rings. The minimum absolute atomic E-state index is 0.0622.